The van der Waals surface area contributed by atoms with Crippen molar-refractivity contribution < 1.29 is 13.9 Å². The normalized spacial score (nSPS) is 11.8. The summed E-state index contributed by atoms with van der Waals surface area (Å²) in [5.74, 6) is -0.00308. The van der Waals surface area contributed by atoms with Crippen LogP contribution in [0.15, 0.2) is 34.7 Å². The van der Waals surface area contributed by atoms with Crippen molar-refractivity contribution in [3.05, 3.63) is 41.4 Å². The van der Waals surface area contributed by atoms with E-state index in [2.05, 4.69) is 20.8 Å². The van der Waals surface area contributed by atoms with Gasteiger partial charge < -0.3 is 9.15 Å². The standard InChI is InChI=1S/C17H21O3P/c1-5-17(3,4)14-13(15(18)19-6-2)20-16(21-14)12-10-8-7-9-11-12/h7-11H,5-6H2,1-4H3. The van der Waals surface area contributed by atoms with Crippen LogP contribution < -0.4 is 0 Å². The van der Waals surface area contributed by atoms with Crippen LogP contribution in [-0.2, 0) is 10.2 Å². The number of esters is 1. The summed E-state index contributed by atoms with van der Waals surface area (Å²) in [6.45, 7) is 8.53. The van der Waals surface area contributed by atoms with Gasteiger partial charge in [-0.1, -0.05) is 51.1 Å². The van der Waals surface area contributed by atoms with Crippen molar-refractivity contribution in [3.63, 3.8) is 0 Å². The van der Waals surface area contributed by atoms with Crippen molar-refractivity contribution in [2.45, 2.75) is 39.5 Å². The molecule has 1 heterocycles. The van der Waals surface area contributed by atoms with Gasteiger partial charge in [-0.25, -0.2) is 4.79 Å². The van der Waals surface area contributed by atoms with Crippen molar-refractivity contribution >= 4 is 14.2 Å². The van der Waals surface area contributed by atoms with E-state index < -0.39 is 0 Å². The van der Waals surface area contributed by atoms with Gasteiger partial charge in [0.05, 0.1) is 6.61 Å². The first-order valence-corrected chi connectivity index (χ1v) is 8.13. The minimum Gasteiger partial charge on any atom is -0.460 e. The summed E-state index contributed by atoms with van der Waals surface area (Å²) in [6.07, 6.45) is 0.934. The summed E-state index contributed by atoms with van der Waals surface area (Å²) in [5, 5.41) is 1.00. The van der Waals surface area contributed by atoms with Crippen LogP contribution >= 0.6 is 8.19 Å². The van der Waals surface area contributed by atoms with Gasteiger partial charge in [-0.2, -0.15) is 0 Å². The van der Waals surface area contributed by atoms with E-state index in [1.54, 1.807) is 6.92 Å². The van der Waals surface area contributed by atoms with E-state index in [1.807, 2.05) is 30.3 Å². The fraction of sp³-hybridized carbons (Fsp3) is 0.412. The lowest BCUT2D eigenvalue weighted by atomic mass is 9.87. The molecule has 0 radical (unpaired) electrons. The highest BCUT2D eigenvalue weighted by Gasteiger charge is 2.31. The molecule has 3 nitrogen and oxygen atoms in total. The third kappa shape index (κ3) is 3.36. The summed E-state index contributed by atoms with van der Waals surface area (Å²) in [5.41, 5.74) is 1.71. The van der Waals surface area contributed by atoms with Gasteiger partial charge in [-0.05, 0) is 27.0 Å². The summed E-state index contributed by atoms with van der Waals surface area (Å²) in [4.78, 5) is 12.2. The molecule has 1 aromatic carbocycles. The molecule has 0 aliphatic rings. The number of benzene rings is 1. The quantitative estimate of drug-likeness (QED) is 0.695. The second-order valence-corrected chi connectivity index (χ2v) is 6.60. The van der Waals surface area contributed by atoms with Gasteiger partial charge >= 0.3 is 5.97 Å². The Balaban J connectivity index is 2.52. The van der Waals surface area contributed by atoms with Crippen molar-refractivity contribution in [1.29, 1.82) is 0 Å². The number of ether oxygens (including phenoxy) is 1. The van der Waals surface area contributed by atoms with Gasteiger partial charge in [0.25, 0.3) is 0 Å². The molecule has 0 bridgehead atoms. The zero-order valence-electron chi connectivity index (χ0n) is 13.0. The van der Waals surface area contributed by atoms with Crippen LogP contribution in [-0.4, -0.2) is 12.6 Å². The van der Waals surface area contributed by atoms with E-state index in [-0.39, 0.29) is 11.4 Å². The van der Waals surface area contributed by atoms with Crippen LogP contribution in [0.4, 0.5) is 0 Å². The number of hydrogen-bond donors (Lipinski definition) is 0. The maximum Gasteiger partial charge on any atom is 0.374 e. The molecule has 0 aliphatic heterocycles. The van der Waals surface area contributed by atoms with Gasteiger partial charge in [-0.3, -0.25) is 0 Å². The molecule has 0 N–H and O–H groups in total. The highest BCUT2D eigenvalue weighted by molar-refractivity contribution is 7.34. The Morgan fingerprint density at radius 1 is 1.24 bits per heavy atom. The summed E-state index contributed by atoms with van der Waals surface area (Å²) < 4.78 is 11.0. The fourth-order valence-electron chi connectivity index (χ4n) is 1.99. The first kappa shape index (κ1) is 15.8. The molecular weight excluding hydrogens is 283 g/mol. The molecule has 2 aromatic rings. The topological polar surface area (TPSA) is 39.4 Å². The largest absolute Gasteiger partial charge is 0.460 e. The second kappa shape index (κ2) is 6.44. The Morgan fingerprint density at radius 2 is 1.90 bits per heavy atom. The molecular formula is C17H21O3P. The number of rotatable bonds is 5. The Bertz CT molecular complexity index is 614. The lowest BCUT2D eigenvalue weighted by Crippen LogP contribution is -2.18. The third-order valence-electron chi connectivity index (χ3n) is 3.63. The number of hydrogen-bond acceptors (Lipinski definition) is 3. The average Bonchev–Trinajstić information content (AvgIpc) is 2.94. The van der Waals surface area contributed by atoms with E-state index in [0.717, 1.165) is 31.0 Å². The van der Waals surface area contributed by atoms with Gasteiger partial charge in [0.2, 0.25) is 5.76 Å². The molecule has 0 fully saturated rings. The first-order valence-electron chi connectivity index (χ1n) is 7.23. The minimum atomic E-state index is -0.368. The predicted molar refractivity (Wildman–Crippen MR) is 85.9 cm³/mol. The van der Waals surface area contributed by atoms with Crippen molar-refractivity contribution in [2.24, 2.45) is 0 Å². The molecule has 0 saturated heterocycles. The van der Waals surface area contributed by atoms with Crippen LogP contribution in [0.2, 0.25) is 0 Å². The second-order valence-electron chi connectivity index (χ2n) is 5.52. The molecule has 0 saturated carbocycles. The highest BCUT2D eigenvalue weighted by Crippen LogP contribution is 2.43. The Morgan fingerprint density at radius 3 is 2.48 bits per heavy atom. The van der Waals surface area contributed by atoms with Crippen LogP contribution in [0.1, 0.15) is 50.0 Å². The summed E-state index contributed by atoms with van der Waals surface area (Å²) >= 11 is 0. The Kier molecular flexibility index (Phi) is 4.84. The van der Waals surface area contributed by atoms with E-state index in [9.17, 15) is 4.79 Å². The monoisotopic (exact) mass is 304 g/mol. The average molecular weight is 304 g/mol. The lowest BCUT2D eigenvalue weighted by molar-refractivity contribution is 0.0487. The van der Waals surface area contributed by atoms with Crippen LogP contribution in [0.3, 0.4) is 0 Å². The lowest BCUT2D eigenvalue weighted by Gasteiger charge is -2.21. The molecule has 0 spiro atoms. The van der Waals surface area contributed by atoms with E-state index in [4.69, 9.17) is 9.15 Å². The molecule has 0 unspecified atom stereocenters. The molecule has 0 amide bonds. The Hall–Kier alpha value is -1.60. The van der Waals surface area contributed by atoms with Crippen LogP contribution in [0.25, 0.3) is 11.1 Å². The minimum absolute atomic E-state index is 0.0970. The summed E-state index contributed by atoms with van der Waals surface area (Å²) in [7, 11) is 0.954. The van der Waals surface area contributed by atoms with Crippen molar-refractivity contribution in [1.82, 2.24) is 0 Å². The van der Waals surface area contributed by atoms with E-state index in [1.165, 1.54) is 0 Å². The Labute approximate surface area is 127 Å². The third-order valence-corrected chi connectivity index (χ3v) is 5.22. The molecule has 112 valence electrons. The van der Waals surface area contributed by atoms with Gasteiger partial charge in [0.1, 0.15) is 0 Å². The van der Waals surface area contributed by atoms with Gasteiger partial charge in [-0.15, -0.1) is 0 Å². The van der Waals surface area contributed by atoms with Crippen LogP contribution in [0.5, 0.6) is 0 Å². The SMILES string of the molecule is CCOC(=O)c1oc(-c2ccccc2)pc1C(C)(C)CC. The van der Waals surface area contributed by atoms with Crippen LogP contribution in [0, 0.1) is 0 Å². The molecule has 0 aliphatic carbocycles. The van der Waals surface area contributed by atoms with E-state index in [0.29, 0.717) is 12.4 Å². The zero-order chi connectivity index (χ0) is 15.5. The highest BCUT2D eigenvalue weighted by atomic mass is 31.0. The zero-order valence-corrected chi connectivity index (χ0v) is 13.9. The molecule has 2 rings (SSSR count). The van der Waals surface area contributed by atoms with Gasteiger partial charge in [0.15, 0.2) is 5.49 Å². The molecule has 0 atom stereocenters. The van der Waals surface area contributed by atoms with E-state index >= 15 is 0 Å². The van der Waals surface area contributed by atoms with Gasteiger partial charge in [0, 0.05) is 10.9 Å². The summed E-state index contributed by atoms with van der Waals surface area (Å²) in [6, 6.07) is 9.88. The molecule has 21 heavy (non-hydrogen) atoms. The number of carbonyl (C=O) groups is 1. The smallest absolute Gasteiger partial charge is 0.374 e. The molecule has 1 aromatic heterocycles. The number of carbonyl (C=O) groups excluding carboxylic acids is 1. The molecule has 4 heteroatoms. The van der Waals surface area contributed by atoms with Crippen molar-refractivity contribution in [2.75, 3.05) is 6.61 Å². The van der Waals surface area contributed by atoms with Crippen molar-refractivity contribution in [3.8, 4) is 11.1 Å². The fourth-order valence-corrected chi connectivity index (χ4v) is 3.30. The maximum atomic E-state index is 12.2. The first-order chi connectivity index (χ1) is 9.99. The predicted octanol–water partition coefficient (Wildman–Crippen LogP) is 5.39. The maximum absolute atomic E-state index is 12.2.